The van der Waals surface area contributed by atoms with Crippen molar-refractivity contribution in [2.24, 2.45) is 4.99 Å². The molecule has 1 N–H and O–H groups in total. The summed E-state index contributed by atoms with van der Waals surface area (Å²) in [5.41, 5.74) is 2.04. The Morgan fingerprint density at radius 2 is 2.21 bits per heavy atom. The van der Waals surface area contributed by atoms with Crippen molar-refractivity contribution in [3.63, 3.8) is 0 Å². The summed E-state index contributed by atoms with van der Waals surface area (Å²) in [6, 6.07) is 8.01. The van der Waals surface area contributed by atoms with Crippen molar-refractivity contribution < 1.29 is 4.84 Å². The molecule has 67 valence electrons. The molecule has 1 aromatic heterocycles. The second-order valence-corrected chi connectivity index (χ2v) is 3.00. The van der Waals surface area contributed by atoms with Crippen LogP contribution in [0, 0.1) is 0 Å². The summed E-state index contributed by atoms with van der Waals surface area (Å²) in [5, 5.41) is 4.91. The van der Waals surface area contributed by atoms with Gasteiger partial charge in [0.15, 0.2) is 5.16 Å². The Morgan fingerprint density at radius 1 is 1.29 bits per heavy atom. The summed E-state index contributed by atoms with van der Waals surface area (Å²) in [6.07, 6.45) is 3.21. The molecule has 0 spiro atoms. The third-order valence-electron chi connectivity index (χ3n) is 2.19. The average Bonchev–Trinajstić information content (AvgIpc) is 2.85. The fourth-order valence-corrected chi connectivity index (χ4v) is 1.55. The van der Waals surface area contributed by atoms with Crippen molar-refractivity contribution in [2.75, 3.05) is 0 Å². The number of amidine groups is 1. The molecule has 4 nitrogen and oxygen atoms in total. The van der Waals surface area contributed by atoms with Crippen LogP contribution in [0.2, 0.25) is 0 Å². The molecule has 2 heterocycles. The smallest absolute Gasteiger partial charge is 0.360 e. The van der Waals surface area contributed by atoms with E-state index in [0.717, 1.165) is 16.5 Å². The minimum absolute atomic E-state index is 0.613. The van der Waals surface area contributed by atoms with E-state index in [4.69, 9.17) is 4.84 Å². The van der Waals surface area contributed by atoms with Crippen LogP contribution in [0.5, 0.6) is 0 Å². The molecular formula is C10H7N3O+. The molecule has 2 aromatic rings. The highest BCUT2D eigenvalue weighted by molar-refractivity contribution is 6.11. The molecule has 0 saturated carbocycles. The Balaban J connectivity index is 2.26. The summed E-state index contributed by atoms with van der Waals surface area (Å²) in [4.78, 5) is 11.9. The number of oxime groups is 1. The number of aromatic amines is 1. The van der Waals surface area contributed by atoms with Gasteiger partial charge in [-0.25, -0.2) is 4.84 Å². The summed E-state index contributed by atoms with van der Waals surface area (Å²) in [6.45, 7) is 0. The second-order valence-electron chi connectivity index (χ2n) is 3.00. The van der Waals surface area contributed by atoms with Crippen molar-refractivity contribution >= 4 is 23.1 Å². The zero-order valence-electron chi connectivity index (χ0n) is 7.27. The van der Waals surface area contributed by atoms with Crippen LogP contribution < -0.4 is 5.16 Å². The lowest BCUT2D eigenvalue weighted by molar-refractivity contribution is 0.292. The highest BCUT2D eigenvalue weighted by Crippen LogP contribution is 2.18. The standard InChI is InChI=1S/C10H7N3O/c1-2-4-9-7(3-1)8(5-11-9)10-12-6-14-13-10/h1-6,11H/q+1. The molecule has 14 heavy (non-hydrogen) atoms. The quantitative estimate of drug-likeness (QED) is 0.713. The van der Waals surface area contributed by atoms with Gasteiger partial charge in [0, 0.05) is 22.1 Å². The highest BCUT2D eigenvalue weighted by atomic mass is 16.6. The normalized spacial score (nSPS) is 14.4. The number of nitrogens with one attached hydrogen (secondary N) is 1. The minimum Gasteiger partial charge on any atom is -0.360 e. The molecule has 1 aromatic carbocycles. The number of H-pyrrole nitrogens is 1. The van der Waals surface area contributed by atoms with Gasteiger partial charge in [0.25, 0.3) is 0 Å². The van der Waals surface area contributed by atoms with Crippen LogP contribution in [0.15, 0.2) is 35.5 Å². The van der Waals surface area contributed by atoms with E-state index in [1.165, 1.54) is 6.40 Å². The van der Waals surface area contributed by atoms with Crippen molar-refractivity contribution in [2.45, 2.75) is 0 Å². The number of aromatic nitrogens is 1. The fourth-order valence-electron chi connectivity index (χ4n) is 1.55. The Kier molecular flexibility index (Phi) is 1.41. The number of hydrogen-bond donors (Lipinski definition) is 1. The fraction of sp³-hybridized carbons (Fsp3) is 0. The largest absolute Gasteiger partial charge is 0.423 e. The maximum Gasteiger partial charge on any atom is 0.423 e. The zero-order valence-corrected chi connectivity index (χ0v) is 7.27. The molecule has 0 fully saturated rings. The lowest BCUT2D eigenvalue weighted by Gasteiger charge is -1.87. The van der Waals surface area contributed by atoms with Crippen molar-refractivity contribution in [3.05, 3.63) is 36.0 Å². The van der Waals surface area contributed by atoms with E-state index in [0.29, 0.717) is 5.84 Å². The highest BCUT2D eigenvalue weighted by Gasteiger charge is 2.23. The number of para-hydroxylation sites is 1. The molecule has 0 saturated heterocycles. The van der Waals surface area contributed by atoms with E-state index >= 15 is 0 Å². The topological polar surface area (TPSA) is 51.5 Å². The minimum atomic E-state index is 0.613. The Hall–Kier alpha value is -2.10. The third kappa shape index (κ3) is 0.939. The van der Waals surface area contributed by atoms with Crippen molar-refractivity contribution in [3.8, 4) is 0 Å². The third-order valence-corrected chi connectivity index (χ3v) is 2.19. The SMILES string of the molecule is C1=NC(c2c[nH]c3ccccc23)=[N+]O1. The monoisotopic (exact) mass is 185 g/mol. The second kappa shape index (κ2) is 2.70. The average molecular weight is 185 g/mol. The van der Waals surface area contributed by atoms with E-state index in [1.54, 1.807) is 0 Å². The van der Waals surface area contributed by atoms with E-state index in [-0.39, 0.29) is 0 Å². The molecule has 4 heteroatoms. The Bertz CT molecular complexity index is 539. The number of rotatable bonds is 1. The van der Waals surface area contributed by atoms with Crippen LogP contribution in [0.4, 0.5) is 0 Å². The Labute approximate surface area is 79.9 Å². The first kappa shape index (κ1) is 7.32. The number of aliphatic imine (C=N–C) groups is 1. The Morgan fingerprint density at radius 3 is 3.07 bits per heavy atom. The van der Waals surface area contributed by atoms with Gasteiger partial charge in [-0.1, -0.05) is 18.2 Å². The summed E-state index contributed by atoms with van der Waals surface area (Å²) in [5.74, 6) is 0.613. The molecular weight excluding hydrogens is 178 g/mol. The molecule has 0 aliphatic carbocycles. The lowest BCUT2D eigenvalue weighted by Crippen LogP contribution is -1.98. The van der Waals surface area contributed by atoms with Crippen LogP contribution in [-0.4, -0.2) is 17.2 Å². The van der Waals surface area contributed by atoms with Gasteiger partial charge in [-0.15, -0.1) is 0 Å². The molecule has 3 rings (SSSR count). The van der Waals surface area contributed by atoms with Gasteiger partial charge < -0.3 is 4.98 Å². The molecule has 0 atom stereocenters. The number of nitrogens with zero attached hydrogens (tertiary/aromatic N) is 2. The van der Waals surface area contributed by atoms with E-state index < -0.39 is 0 Å². The molecule has 1 radical (unpaired) electrons. The van der Waals surface area contributed by atoms with Crippen LogP contribution in [0.3, 0.4) is 0 Å². The number of benzene rings is 1. The zero-order chi connectivity index (χ0) is 9.38. The van der Waals surface area contributed by atoms with Crippen molar-refractivity contribution in [1.82, 2.24) is 10.1 Å². The number of fused-ring (bicyclic) bond motifs is 1. The van der Waals surface area contributed by atoms with Crippen LogP contribution in [0.25, 0.3) is 10.9 Å². The van der Waals surface area contributed by atoms with Gasteiger partial charge in [0.1, 0.15) is 5.56 Å². The summed E-state index contributed by atoms with van der Waals surface area (Å²) >= 11 is 0. The van der Waals surface area contributed by atoms with Gasteiger partial charge in [0.05, 0.1) is 0 Å². The van der Waals surface area contributed by atoms with E-state index in [2.05, 4.69) is 15.1 Å². The predicted octanol–water partition coefficient (Wildman–Crippen LogP) is 1.22. The maximum atomic E-state index is 4.71. The molecule has 1 aliphatic heterocycles. The molecule has 0 unspecified atom stereocenters. The van der Waals surface area contributed by atoms with Gasteiger partial charge in [-0.05, 0) is 6.07 Å². The van der Waals surface area contributed by atoms with Gasteiger partial charge in [0.2, 0.25) is 0 Å². The van der Waals surface area contributed by atoms with Crippen LogP contribution in [0.1, 0.15) is 5.56 Å². The van der Waals surface area contributed by atoms with E-state index in [1.807, 2.05) is 30.5 Å². The predicted molar refractivity (Wildman–Crippen MR) is 54.1 cm³/mol. The summed E-state index contributed by atoms with van der Waals surface area (Å²) < 4.78 is 0. The van der Waals surface area contributed by atoms with Crippen LogP contribution >= 0.6 is 0 Å². The van der Waals surface area contributed by atoms with Gasteiger partial charge in [-0.2, -0.15) is 0 Å². The molecule has 0 bridgehead atoms. The number of hydrogen-bond acceptors (Lipinski definition) is 3. The first-order valence-electron chi connectivity index (χ1n) is 4.28. The molecule has 0 amide bonds. The van der Waals surface area contributed by atoms with Crippen molar-refractivity contribution in [1.29, 1.82) is 0 Å². The van der Waals surface area contributed by atoms with E-state index in [9.17, 15) is 0 Å². The van der Waals surface area contributed by atoms with Crippen LogP contribution in [-0.2, 0) is 4.84 Å². The lowest BCUT2D eigenvalue weighted by atomic mass is 10.1. The first-order chi connectivity index (χ1) is 6.95. The molecule has 1 aliphatic rings. The maximum absolute atomic E-state index is 4.71. The first-order valence-corrected chi connectivity index (χ1v) is 4.28. The van der Waals surface area contributed by atoms with Gasteiger partial charge in [-0.3, -0.25) is 0 Å². The van der Waals surface area contributed by atoms with Gasteiger partial charge >= 0.3 is 12.2 Å². The summed E-state index contributed by atoms with van der Waals surface area (Å²) in [7, 11) is 0.